The van der Waals surface area contributed by atoms with Gasteiger partial charge in [0.15, 0.2) is 5.11 Å². The molecule has 0 unspecified atom stereocenters. The minimum atomic E-state index is 0.813. The van der Waals surface area contributed by atoms with Crippen LogP contribution in [-0.4, -0.2) is 23.1 Å². The highest BCUT2D eigenvalue weighted by atomic mass is 32.1. The van der Waals surface area contributed by atoms with Gasteiger partial charge in [-0.25, -0.2) is 0 Å². The maximum atomic E-state index is 5.54. The van der Waals surface area contributed by atoms with Crippen molar-refractivity contribution in [2.75, 3.05) is 13.1 Å². The number of unbranched alkanes of at least 4 members (excludes halogenated alkanes) is 2. The third kappa shape index (κ3) is 6.38. The van der Waals surface area contributed by atoms with E-state index in [-0.39, 0.29) is 0 Å². The highest BCUT2D eigenvalue weighted by Gasteiger charge is 2.08. The minimum Gasteiger partial charge on any atom is -0.358 e. The fourth-order valence-corrected chi connectivity index (χ4v) is 2.26. The zero-order chi connectivity index (χ0) is 14.8. The lowest BCUT2D eigenvalue weighted by Gasteiger charge is -2.25. The average molecular weight is 292 g/mol. The first-order chi connectivity index (χ1) is 9.67. The van der Waals surface area contributed by atoms with Gasteiger partial charge >= 0.3 is 0 Å². The molecule has 1 N–H and O–H groups in total. The summed E-state index contributed by atoms with van der Waals surface area (Å²) in [6.07, 6.45) is 4.83. The molecule has 0 saturated carbocycles. The van der Waals surface area contributed by atoms with Crippen molar-refractivity contribution in [1.82, 2.24) is 10.2 Å². The van der Waals surface area contributed by atoms with Crippen LogP contribution in [0.1, 0.15) is 50.7 Å². The van der Waals surface area contributed by atoms with Crippen LogP contribution >= 0.6 is 12.2 Å². The lowest BCUT2D eigenvalue weighted by Crippen LogP contribution is -2.40. The standard InChI is InChI=1S/C17H28N2S/c1-4-6-12-19(13-7-5-2)17(20)18-14-16-10-8-15(3)9-11-16/h8-11H,4-7,12-14H2,1-3H3,(H,18,20). The Morgan fingerprint density at radius 2 is 1.60 bits per heavy atom. The van der Waals surface area contributed by atoms with Crippen LogP contribution in [0.2, 0.25) is 0 Å². The molecule has 0 fully saturated rings. The molecule has 1 aromatic carbocycles. The summed E-state index contributed by atoms with van der Waals surface area (Å²) >= 11 is 5.54. The normalized spacial score (nSPS) is 10.3. The molecule has 20 heavy (non-hydrogen) atoms. The highest BCUT2D eigenvalue weighted by molar-refractivity contribution is 7.80. The van der Waals surface area contributed by atoms with Gasteiger partial charge in [0.05, 0.1) is 0 Å². The van der Waals surface area contributed by atoms with E-state index in [2.05, 4.69) is 55.3 Å². The Labute approximate surface area is 129 Å². The molecular weight excluding hydrogens is 264 g/mol. The molecule has 0 bridgehead atoms. The first-order valence-electron chi connectivity index (χ1n) is 7.75. The van der Waals surface area contributed by atoms with E-state index in [1.54, 1.807) is 0 Å². The molecule has 2 nitrogen and oxygen atoms in total. The number of hydrogen-bond donors (Lipinski definition) is 1. The van der Waals surface area contributed by atoms with Crippen LogP contribution in [0.3, 0.4) is 0 Å². The lowest BCUT2D eigenvalue weighted by molar-refractivity contribution is 0.392. The van der Waals surface area contributed by atoms with Crippen molar-refractivity contribution in [3.8, 4) is 0 Å². The Kier molecular flexibility index (Phi) is 8.28. The monoisotopic (exact) mass is 292 g/mol. The Bertz CT molecular complexity index is 378. The van der Waals surface area contributed by atoms with Gasteiger partial charge in [0.2, 0.25) is 0 Å². The van der Waals surface area contributed by atoms with Gasteiger partial charge in [-0.3, -0.25) is 0 Å². The van der Waals surface area contributed by atoms with Crippen molar-refractivity contribution in [2.45, 2.75) is 53.0 Å². The van der Waals surface area contributed by atoms with Gasteiger partial charge in [-0.1, -0.05) is 56.5 Å². The quantitative estimate of drug-likeness (QED) is 0.720. The van der Waals surface area contributed by atoms with E-state index in [1.165, 1.54) is 36.8 Å². The molecule has 0 aliphatic heterocycles. The third-order valence-electron chi connectivity index (χ3n) is 3.41. The fraction of sp³-hybridized carbons (Fsp3) is 0.588. The number of thiocarbonyl (C=S) groups is 1. The topological polar surface area (TPSA) is 15.3 Å². The number of aryl methyl sites for hydroxylation is 1. The van der Waals surface area contributed by atoms with Crippen molar-refractivity contribution in [3.63, 3.8) is 0 Å². The van der Waals surface area contributed by atoms with Crippen molar-refractivity contribution >= 4 is 17.3 Å². The highest BCUT2D eigenvalue weighted by Crippen LogP contribution is 2.04. The molecule has 3 heteroatoms. The second-order valence-corrected chi connectivity index (χ2v) is 5.73. The lowest BCUT2D eigenvalue weighted by atomic mass is 10.1. The van der Waals surface area contributed by atoms with Crippen LogP contribution in [-0.2, 0) is 6.54 Å². The summed E-state index contributed by atoms with van der Waals surface area (Å²) in [5.41, 5.74) is 2.58. The van der Waals surface area contributed by atoms with E-state index in [0.29, 0.717) is 0 Å². The van der Waals surface area contributed by atoms with Crippen molar-refractivity contribution in [3.05, 3.63) is 35.4 Å². The predicted octanol–water partition coefficient (Wildman–Crippen LogP) is 4.27. The minimum absolute atomic E-state index is 0.813. The van der Waals surface area contributed by atoms with Gasteiger partial charge in [-0.05, 0) is 37.5 Å². The van der Waals surface area contributed by atoms with E-state index in [9.17, 15) is 0 Å². The molecule has 0 aliphatic rings. The summed E-state index contributed by atoms with van der Waals surface area (Å²) < 4.78 is 0. The number of nitrogens with zero attached hydrogens (tertiary/aromatic N) is 1. The van der Waals surface area contributed by atoms with Crippen molar-refractivity contribution in [2.24, 2.45) is 0 Å². The van der Waals surface area contributed by atoms with Crippen LogP contribution in [0.5, 0.6) is 0 Å². The Morgan fingerprint density at radius 1 is 1.05 bits per heavy atom. The Hall–Kier alpha value is -1.09. The number of nitrogens with one attached hydrogen (secondary N) is 1. The summed E-state index contributed by atoms with van der Waals surface area (Å²) in [5, 5.41) is 4.29. The first-order valence-corrected chi connectivity index (χ1v) is 8.16. The van der Waals surface area contributed by atoms with Gasteiger partial charge in [-0.2, -0.15) is 0 Å². The van der Waals surface area contributed by atoms with Gasteiger partial charge < -0.3 is 10.2 Å². The largest absolute Gasteiger partial charge is 0.358 e. The molecule has 0 aromatic heterocycles. The molecular formula is C17H28N2S. The van der Waals surface area contributed by atoms with Crippen LogP contribution in [0.15, 0.2) is 24.3 Å². The summed E-state index contributed by atoms with van der Waals surface area (Å²) in [6.45, 7) is 9.50. The molecule has 0 spiro atoms. The maximum Gasteiger partial charge on any atom is 0.169 e. The Morgan fingerprint density at radius 3 is 2.10 bits per heavy atom. The summed E-state index contributed by atoms with van der Waals surface area (Å²) in [6, 6.07) is 8.61. The molecule has 1 aromatic rings. The molecule has 0 aliphatic carbocycles. The molecule has 0 atom stereocenters. The second-order valence-electron chi connectivity index (χ2n) is 5.34. The molecule has 0 saturated heterocycles. The predicted molar refractivity (Wildman–Crippen MR) is 92.0 cm³/mol. The maximum absolute atomic E-state index is 5.54. The fourth-order valence-electron chi connectivity index (χ4n) is 2.01. The van der Waals surface area contributed by atoms with Gasteiger partial charge in [0, 0.05) is 19.6 Å². The van der Waals surface area contributed by atoms with E-state index < -0.39 is 0 Å². The summed E-state index contributed by atoms with van der Waals surface area (Å²) in [5.74, 6) is 0. The number of hydrogen-bond acceptors (Lipinski definition) is 1. The van der Waals surface area contributed by atoms with E-state index in [1.807, 2.05) is 0 Å². The third-order valence-corrected chi connectivity index (χ3v) is 3.82. The molecule has 1 rings (SSSR count). The number of benzene rings is 1. The number of rotatable bonds is 8. The Balaban J connectivity index is 2.45. The average Bonchev–Trinajstić information content (AvgIpc) is 2.46. The summed E-state index contributed by atoms with van der Waals surface area (Å²) in [7, 11) is 0. The van der Waals surface area contributed by atoms with Gasteiger partial charge in [0.25, 0.3) is 0 Å². The second kappa shape index (κ2) is 9.76. The van der Waals surface area contributed by atoms with Gasteiger partial charge in [0.1, 0.15) is 0 Å². The first kappa shape index (κ1) is 17.0. The van der Waals surface area contributed by atoms with Crippen LogP contribution in [0.25, 0.3) is 0 Å². The molecule has 112 valence electrons. The zero-order valence-corrected chi connectivity index (χ0v) is 13.9. The van der Waals surface area contributed by atoms with Gasteiger partial charge in [-0.15, -0.1) is 0 Å². The zero-order valence-electron chi connectivity index (χ0n) is 13.1. The van der Waals surface area contributed by atoms with Crippen molar-refractivity contribution < 1.29 is 0 Å². The van der Waals surface area contributed by atoms with E-state index in [4.69, 9.17) is 12.2 Å². The van der Waals surface area contributed by atoms with E-state index in [0.717, 1.165) is 24.7 Å². The van der Waals surface area contributed by atoms with Crippen LogP contribution in [0.4, 0.5) is 0 Å². The SMILES string of the molecule is CCCCN(CCCC)C(=S)NCc1ccc(C)cc1. The smallest absolute Gasteiger partial charge is 0.169 e. The van der Waals surface area contributed by atoms with E-state index >= 15 is 0 Å². The molecule has 0 radical (unpaired) electrons. The van der Waals surface area contributed by atoms with Crippen LogP contribution < -0.4 is 5.32 Å². The molecule has 0 amide bonds. The van der Waals surface area contributed by atoms with Crippen LogP contribution in [0, 0.1) is 6.92 Å². The van der Waals surface area contributed by atoms with Crippen molar-refractivity contribution in [1.29, 1.82) is 0 Å². The summed E-state index contributed by atoms with van der Waals surface area (Å²) in [4.78, 5) is 2.32. The molecule has 0 heterocycles.